The van der Waals surface area contributed by atoms with Crippen molar-refractivity contribution in [2.75, 3.05) is 0 Å². The minimum atomic E-state index is -0.817. The van der Waals surface area contributed by atoms with Crippen molar-refractivity contribution in [2.24, 2.45) is 39.9 Å². The molecule has 9 atom stereocenters. The summed E-state index contributed by atoms with van der Waals surface area (Å²) in [7, 11) is 0. The minimum absolute atomic E-state index is 0.0179. The number of carboxylic acids is 1. The molecule has 2 N–H and O–H groups in total. The summed E-state index contributed by atoms with van der Waals surface area (Å²) in [6, 6.07) is 0. The zero-order valence-corrected chi connectivity index (χ0v) is 13.7. The topological polar surface area (TPSA) is 83.8 Å². The van der Waals surface area contributed by atoms with Crippen LogP contribution in [0.5, 0.6) is 0 Å². The molecule has 0 radical (unpaired) electrons. The summed E-state index contributed by atoms with van der Waals surface area (Å²) in [6.07, 6.45) is 3.11. The first-order valence-electron chi connectivity index (χ1n) is 9.12. The SMILES string of the molecule is C=C1C2[C@@]34[C@@H](O)C[C@@H]1C[C@@]23[C@@H](C(=O)O)[C@@H]1[C@@]2(C)CCC[C@]14OC2=O. The molecule has 6 aliphatic carbocycles. The van der Waals surface area contributed by atoms with Crippen molar-refractivity contribution in [3.63, 3.8) is 0 Å². The Morgan fingerprint density at radius 3 is 2.83 bits per heavy atom. The highest BCUT2D eigenvalue weighted by atomic mass is 16.6. The fraction of sp³-hybridized carbons (Fsp3) is 0.789. The number of allylic oxidation sites excluding steroid dienone is 1. The van der Waals surface area contributed by atoms with Crippen molar-refractivity contribution >= 4 is 11.9 Å². The zero-order valence-electron chi connectivity index (χ0n) is 13.7. The van der Waals surface area contributed by atoms with E-state index in [-0.39, 0.29) is 23.7 Å². The van der Waals surface area contributed by atoms with Crippen LogP contribution in [0.2, 0.25) is 0 Å². The predicted molar refractivity (Wildman–Crippen MR) is 81.6 cm³/mol. The Balaban J connectivity index is 1.68. The molecule has 0 aromatic rings. The first kappa shape index (κ1) is 13.9. The molecule has 0 aromatic heterocycles. The number of carbonyl (C=O) groups is 2. The Kier molecular flexibility index (Phi) is 1.92. The van der Waals surface area contributed by atoms with Crippen molar-refractivity contribution in [1.29, 1.82) is 0 Å². The number of aliphatic hydroxyl groups is 1. The zero-order chi connectivity index (χ0) is 16.9. The summed E-state index contributed by atoms with van der Waals surface area (Å²) in [6.45, 7) is 6.16. The second-order valence-electron chi connectivity index (χ2n) is 9.41. The third-order valence-electron chi connectivity index (χ3n) is 9.20. The van der Waals surface area contributed by atoms with Gasteiger partial charge in [-0.1, -0.05) is 12.2 Å². The number of rotatable bonds is 1. The van der Waals surface area contributed by atoms with Crippen LogP contribution < -0.4 is 0 Å². The van der Waals surface area contributed by atoms with Crippen LogP contribution in [0.1, 0.15) is 39.0 Å². The van der Waals surface area contributed by atoms with Crippen LogP contribution in [-0.2, 0) is 14.3 Å². The number of aliphatic carboxylic acids is 1. The maximum Gasteiger partial charge on any atom is 0.312 e. The number of hydrogen-bond acceptors (Lipinski definition) is 4. The van der Waals surface area contributed by atoms with Gasteiger partial charge in [0.05, 0.1) is 22.9 Å². The molecule has 5 nitrogen and oxygen atoms in total. The molecule has 7 fully saturated rings. The summed E-state index contributed by atoms with van der Waals surface area (Å²) < 4.78 is 6.10. The van der Waals surface area contributed by atoms with Gasteiger partial charge in [-0.05, 0) is 50.9 Å². The number of fused-ring (bicyclic) bond motifs is 1. The number of ether oxygens (including phenoxy) is 1. The van der Waals surface area contributed by atoms with Gasteiger partial charge in [0.25, 0.3) is 0 Å². The lowest BCUT2D eigenvalue weighted by Crippen LogP contribution is -2.56. The van der Waals surface area contributed by atoms with Crippen molar-refractivity contribution < 1.29 is 24.5 Å². The van der Waals surface area contributed by atoms with E-state index in [2.05, 4.69) is 6.58 Å². The Labute approximate surface area is 140 Å². The van der Waals surface area contributed by atoms with Crippen LogP contribution in [0.25, 0.3) is 0 Å². The van der Waals surface area contributed by atoms with Crippen molar-refractivity contribution in [2.45, 2.75) is 50.7 Å². The van der Waals surface area contributed by atoms with E-state index in [4.69, 9.17) is 4.74 Å². The Hall–Kier alpha value is -1.36. The fourth-order valence-corrected chi connectivity index (χ4v) is 8.96. The fourth-order valence-electron chi connectivity index (χ4n) is 8.96. The van der Waals surface area contributed by atoms with E-state index in [9.17, 15) is 19.8 Å². The van der Waals surface area contributed by atoms with Crippen LogP contribution in [0.4, 0.5) is 0 Å². The van der Waals surface area contributed by atoms with E-state index in [1.807, 2.05) is 6.92 Å². The molecule has 7 aliphatic rings. The standard InChI is InChI=1S/C19H22O5/c1-8-9-6-10(20)19-12(8)17(19,7-9)11(14(21)22)13-16(2)4-3-5-18(13,19)24-15(16)23/h9-13,20H,1,3-7H2,2H3,(H,21,22)/t9-,10+,11-,12?,13-,16-,17-,18+,19+/m1/s1. The lowest BCUT2D eigenvalue weighted by molar-refractivity contribution is -0.171. The van der Waals surface area contributed by atoms with Crippen LogP contribution in [-0.4, -0.2) is 33.9 Å². The summed E-state index contributed by atoms with van der Waals surface area (Å²) in [5, 5.41) is 21.3. The monoisotopic (exact) mass is 330 g/mol. The van der Waals surface area contributed by atoms with Gasteiger partial charge in [-0.3, -0.25) is 9.59 Å². The first-order chi connectivity index (χ1) is 11.3. The maximum atomic E-state index is 12.8. The van der Waals surface area contributed by atoms with Crippen LogP contribution >= 0.6 is 0 Å². The predicted octanol–water partition coefficient (Wildman–Crippen LogP) is 1.75. The van der Waals surface area contributed by atoms with Gasteiger partial charge in [0.2, 0.25) is 0 Å². The van der Waals surface area contributed by atoms with Gasteiger partial charge >= 0.3 is 11.9 Å². The van der Waals surface area contributed by atoms with Crippen LogP contribution in [0.3, 0.4) is 0 Å². The van der Waals surface area contributed by atoms with E-state index < -0.39 is 39.8 Å². The largest absolute Gasteiger partial charge is 0.481 e. The third-order valence-corrected chi connectivity index (χ3v) is 9.20. The smallest absolute Gasteiger partial charge is 0.312 e. The van der Waals surface area contributed by atoms with Gasteiger partial charge in [-0.25, -0.2) is 0 Å². The van der Waals surface area contributed by atoms with E-state index in [1.165, 1.54) is 0 Å². The van der Waals surface area contributed by atoms with E-state index in [0.717, 1.165) is 18.4 Å². The molecule has 0 amide bonds. The average molecular weight is 330 g/mol. The molecule has 5 heteroatoms. The van der Waals surface area contributed by atoms with Gasteiger partial charge in [-0.15, -0.1) is 0 Å². The number of esters is 1. The van der Waals surface area contributed by atoms with E-state index in [0.29, 0.717) is 19.3 Å². The molecule has 1 unspecified atom stereocenters. The second-order valence-corrected chi connectivity index (χ2v) is 9.41. The number of hydrogen-bond donors (Lipinski definition) is 2. The van der Waals surface area contributed by atoms with Crippen molar-refractivity contribution in [3.8, 4) is 0 Å². The van der Waals surface area contributed by atoms with Gasteiger partial charge in [0.1, 0.15) is 5.60 Å². The number of aliphatic hydroxyl groups excluding tert-OH is 1. The highest BCUT2D eigenvalue weighted by molar-refractivity contribution is 5.87. The highest BCUT2D eigenvalue weighted by Gasteiger charge is 3.02. The van der Waals surface area contributed by atoms with Gasteiger partial charge < -0.3 is 14.9 Å². The maximum absolute atomic E-state index is 12.8. The van der Waals surface area contributed by atoms with Crippen LogP contribution in [0, 0.1) is 39.9 Å². The first-order valence-corrected chi connectivity index (χ1v) is 9.12. The number of carboxylic acid groups (broad SMARTS) is 1. The minimum Gasteiger partial charge on any atom is -0.481 e. The Bertz CT molecular complexity index is 759. The molecule has 1 heterocycles. The molecule has 128 valence electrons. The summed E-state index contributed by atoms with van der Waals surface area (Å²) in [4.78, 5) is 25.2. The quantitative estimate of drug-likeness (QED) is 0.565. The highest BCUT2D eigenvalue weighted by Crippen LogP contribution is 2.98. The average Bonchev–Trinajstić information content (AvgIpc) is 2.91. The molecular formula is C19H22O5. The molecule has 1 aliphatic heterocycles. The van der Waals surface area contributed by atoms with E-state index in [1.54, 1.807) is 0 Å². The third kappa shape index (κ3) is 0.889. The Morgan fingerprint density at radius 2 is 2.12 bits per heavy atom. The number of carbonyl (C=O) groups excluding carboxylic acids is 1. The molecule has 7 rings (SSSR count). The lowest BCUT2D eigenvalue weighted by atomic mass is 9.55. The van der Waals surface area contributed by atoms with Crippen LogP contribution in [0.15, 0.2) is 12.2 Å². The van der Waals surface area contributed by atoms with Crippen molar-refractivity contribution in [3.05, 3.63) is 12.2 Å². The van der Waals surface area contributed by atoms with Gasteiger partial charge in [0, 0.05) is 11.3 Å². The molecule has 6 bridgehead atoms. The summed E-state index contributed by atoms with van der Waals surface area (Å²) >= 11 is 0. The summed E-state index contributed by atoms with van der Waals surface area (Å²) in [5.74, 6) is -1.72. The molecule has 24 heavy (non-hydrogen) atoms. The molecule has 2 spiro atoms. The van der Waals surface area contributed by atoms with Crippen molar-refractivity contribution in [1.82, 2.24) is 0 Å². The van der Waals surface area contributed by atoms with E-state index >= 15 is 0 Å². The summed E-state index contributed by atoms with van der Waals surface area (Å²) in [5.41, 5.74) is -1.43. The molecule has 1 saturated heterocycles. The molecule has 6 saturated carbocycles. The lowest BCUT2D eigenvalue weighted by Gasteiger charge is -2.49. The molecule has 0 aromatic carbocycles. The Morgan fingerprint density at radius 1 is 1.38 bits per heavy atom. The van der Waals surface area contributed by atoms with Gasteiger partial charge in [-0.2, -0.15) is 0 Å². The van der Waals surface area contributed by atoms with Gasteiger partial charge in [0.15, 0.2) is 0 Å². The normalized spacial score (nSPS) is 64.5. The molecular weight excluding hydrogens is 308 g/mol. The second kappa shape index (κ2) is 3.33.